The first kappa shape index (κ1) is 15.9. The van der Waals surface area contributed by atoms with E-state index in [0.29, 0.717) is 13.2 Å². The zero-order valence-electron chi connectivity index (χ0n) is 13.3. The highest BCUT2D eigenvalue weighted by molar-refractivity contribution is 5.78. The minimum Gasteiger partial charge on any atom is -0.465 e. The number of carbonyl (C=O) groups excluding carboxylic acids is 1. The number of ether oxygens (including phenoxy) is 1. The van der Waals surface area contributed by atoms with Gasteiger partial charge in [0.2, 0.25) is 0 Å². The van der Waals surface area contributed by atoms with Crippen molar-refractivity contribution in [1.29, 1.82) is 0 Å². The number of carbonyl (C=O) groups is 1. The van der Waals surface area contributed by atoms with Gasteiger partial charge >= 0.3 is 5.97 Å². The Bertz CT molecular complexity index is 704. The summed E-state index contributed by atoms with van der Waals surface area (Å²) in [6.45, 7) is 3.71. The fraction of sp³-hybridized carbons (Fsp3) is 0.444. The fourth-order valence-electron chi connectivity index (χ4n) is 3.12. The standard InChI is InChI=1S/C18H21FN2O2/c1-2-23-18(22)17-5-3-4-10-21(17)12-15-8-6-13-11-14(19)7-9-16(13)20-15/h6-9,11,17H,2-5,10,12H2,1H3. The van der Waals surface area contributed by atoms with Crippen LogP contribution in [0.4, 0.5) is 4.39 Å². The van der Waals surface area contributed by atoms with Gasteiger partial charge < -0.3 is 4.74 Å². The van der Waals surface area contributed by atoms with Crippen molar-refractivity contribution in [2.75, 3.05) is 13.2 Å². The van der Waals surface area contributed by atoms with E-state index in [1.165, 1.54) is 12.1 Å². The van der Waals surface area contributed by atoms with Crippen LogP contribution in [0.2, 0.25) is 0 Å². The summed E-state index contributed by atoms with van der Waals surface area (Å²) in [4.78, 5) is 18.9. The van der Waals surface area contributed by atoms with E-state index < -0.39 is 0 Å². The molecule has 3 rings (SSSR count). The highest BCUT2D eigenvalue weighted by atomic mass is 19.1. The number of piperidine rings is 1. The lowest BCUT2D eigenvalue weighted by molar-refractivity contribution is -0.151. The Kier molecular flexibility index (Phi) is 4.86. The molecule has 1 saturated heterocycles. The van der Waals surface area contributed by atoms with Crippen LogP contribution >= 0.6 is 0 Å². The number of aromatic nitrogens is 1. The molecule has 4 nitrogen and oxygen atoms in total. The molecule has 0 N–H and O–H groups in total. The van der Waals surface area contributed by atoms with Crippen LogP contribution in [0.1, 0.15) is 31.9 Å². The minimum atomic E-state index is -0.259. The van der Waals surface area contributed by atoms with Crippen LogP contribution in [0.5, 0.6) is 0 Å². The van der Waals surface area contributed by atoms with Gasteiger partial charge in [0, 0.05) is 11.9 Å². The van der Waals surface area contributed by atoms with Gasteiger partial charge in [-0.2, -0.15) is 0 Å². The molecule has 1 unspecified atom stereocenters. The monoisotopic (exact) mass is 316 g/mol. The second-order valence-corrected chi connectivity index (χ2v) is 5.87. The lowest BCUT2D eigenvalue weighted by Crippen LogP contribution is -2.45. The van der Waals surface area contributed by atoms with Crippen molar-refractivity contribution < 1.29 is 13.9 Å². The van der Waals surface area contributed by atoms with Crippen LogP contribution in [-0.4, -0.2) is 35.0 Å². The Morgan fingerprint density at radius 1 is 1.35 bits per heavy atom. The normalized spacial score (nSPS) is 19.0. The van der Waals surface area contributed by atoms with Crippen LogP contribution in [0.15, 0.2) is 30.3 Å². The molecule has 2 aromatic rings. The number of hydrogen-bond donors (Lipinski definition) is 0. The van der Waals surface area contributed by atoms with Crippen LogP contribution in [0.3, 0.4) is 0 Å². The molecule has 1 aromatic heterocycles. The van der Waals surface area contributed by atoms with E-state index in [0.717, 1.165) is 42.4 Å². The highest BCUT2D eigenvalue weighted by Gasteiger charge is 2.29. The van der Waals surface area contributed by atoms with Crippen molar-refractivity contribution in [3.8, 4) is 0 Å². The summed E-state index contributed by atoms with van der Waals surface area (Å²) >= 11 is 0. The summed E-state index contributed by atoms with van der Waals surface area (Å²) in [5.74, 6) is -0.402. The number of hydrogen-bond acceptors (Lipinski definition) is 4. The SMILES string of the molecule is CCOC(=O)C1CCCCN1Cc1ccc2cc(F)ccc2n1. The molecule has 1 atom stereocenters. The number of rotatable bonds is 4. The lowest BCUT2D eigenvalue weighted by Gasteiger charge is -2.33. The Balaban J connectivity index is 1.78. The topological polar surface area (TPSA) is 42.4 Å². The number of likely N-dealkylation sites (tertiary alicyclic amines) is 1. The first-order valence-corrected chi connectivity index (χ1v) is 8.13. The molecule has 0 amide bonds. The third-order valence-corrected chi connectivity index (χ3v) is 4.25. The van der Waals surface area contributed by atoms with Gasteiger partial charge in [-0.25, -0.2) is 4.39 Å². The number of esters is 1. The summed E-state index contributed by atoms with van der Waals surface area (Å²) in [5, 5.41) is 0.786. The molecular weight excluding hydrogens is 295 g/mol. The largest absolute Gasteiger partial charge is 0.465 e. The minimum absolute atomic E-state index is 0.143. The van der Waals surface area contributed by atoms with Crippen molar-refractivity contribution >= 4 is 16.9 Å². The average Bonchev–Trinajstić information content (AvgIpc) is 2.56. The molecule has 1 fully saturated rings. The summed E-state index contributed by atoms with van der Waals surface area (Å²) in [6, 6.07) is 8.18. The molecule has 23 heavy (non-hydrogen) atoms. The number of halogens is 1. The second-order valence-electron chi connectivity index (χ2n) is 5.87. The average molecular weight is 316 g/mol. The summed E-state index contributed by atoms with van der Waals surface area (Å²) in [7, 11) is 0. The number of fused-ring (bicyclic) bond motifs is 1. The van der Waals surface area contributed by atoms with Gasteiger partial charge in [0.15, 0.2) is 0 Å². The molecular formula is C18H21FN2O2. The maximum absolute atomic E-state index is 13.2. The van der Waals surface area contributed by atoms with E-state index >= 15 is 0 Å². The maximum Gasteiger partial charge on any atom is 0.323 e. The molecule has 0 radical (unpaired) electrons. The van der Waals surface area contributed by atoms with Crippen LogP contribution in [0.25, 0.3) is 10.9 Å². The highest BCUT2D eigenvalue weighted by Crippen LogP contribution is 2.21. The molecule has 0 saturated carbocycles. The lowest BCUT2D eigenvalue weighted by atomic mass is 10.0. The van der Waals surface area contributed by atoms with Crippen LogP contribution in [-0.2, 0) is 16.1 Å². The third-order valence-electron chi connectivity index (χ3n) is 4.25. The second kappa shape index (κ2) is 7.04. The molecule has 5 heteroatoms. The molecule has 1 aromatic carbocycles. The van der Waals surface area contributed by atoms with E-state index in [1.807, 2.05) is 19.1 Å². The first-order chi connectivity index (χ1) is 11.2. The molecule has 1 aliphatic heterocycles. The predicted octanol–water partition coefficient (Wildman–Crippen LogP) is 3.29. The number of pyridine rings is 1. The smallest absolute Gasteiger partial charge is 0.323 e. The summed E-state index contributed by atoms with van der Waals surface area (Å²) in [5.41, 5.74) is 1.66. The van der Waals surface area contributed by atoms with Crippen molar-refractivity contribution in [3.05, 3.63) is 41.8 Å². The molecule has 2 heterocycles. The third kappa shape index (κ3) is 3.67. The van der Waals surface area contributed by atoms with Gasteiger partial charge in [-0.15, -0.1) is 0 Å². The van der Waals surface area contributed by atoms with Crippen molar-refractivity contribution in [2.45, 2.75) is 38.8 Å². The Morgan fingerprint density at radius 2 is 2.22 bits per heavy atom. The van der Waals surface area contributed by atoms with Gasteiger partial charge in [-0.05, 0) is 50.6 Å². The molecule has 0 bridgehead atoms. The van der Waals surface area contributed by atoms with E-state index in [9.17, 15) is 9.18 Å². The maximum atomic E-state index is 13.2. The van der Waals surface area contributed by atoms with Crippen LogP contribution < -0.4 is 0 Å². The van der Waals surface area contributed by atoms with Gasteiger partial charge in [-0.3, -0.25) is 14.7 Å². The Morgan fingerprint density at radius 3 is 3.04 bits per heavy atom. The first-order valence-electron chi connectivity index (χ1n) is 8.13. The van der Waals surface area contributed by atoms with Crippen LogP contribution in [0, 0.1) is 5.82 Å². The van der Waals surface area contributed by atoms with Crippen molar-refractivity contribution in [1.82, 2.24) is 9.88 Å². The van der Waals surface area contributed by atoms with Gasteiger partial charge in [0.1, 0.15) is 11.9 Å². The van der Waals surface area contributed by atoms with E-state index in [4.69, 9.17) is 4.74 Å². The van der Waals surface area contributed by atoms with E-state index in [-0.39, 0.29) is 17.8 Å². The Hall–Kier alpha value is -2.01. The fourth-order valence-corrected chi connectivity index (χ4v) is 3.12. The molecule has 1 aliphatic rings. The van der Waals surface area contributed by atoms with E-state index in [1.54, 1.807) is 6.07 Å². The molecule has 0 spiro atoms. The molecule has 0 aliphatic carbocycles. The zero-order valence-corrected chi connectivity index (χ0v) is 13.3. The van der Waals surface area contributed by atoms with Gasteiger partial charge in [0.25, 0.3) is 0 Å². The predicted molar refractivity (Wildman–Crippen MR) is 86.4 cm³/mol. The van der Waals surface area contributed by atoms with Crippen molar-refractivity contribution in [3.63, 3.8) is 0 Å². The Labute approximate surface area is 135 Å². The summed E-state index contributed by atoms with van der Waals surface area (Å²) < 4.78 is 18.4. The van der Waals surface area contributed by atoms with E-state index in [2.05, 4.69) is 9.88 Å². The summed E-state index contributed by atoms with van der Waals surface area (Å²) in [6.07, 6.45) is 2.96. The number of nitrogens with zero attached hydrogens (tertiary/aromatic N) is 2. The zero-order chi connectivity index (χ0) is 16.2. The van der Waals surface area contributed by atoms with Crippen molar-refractivity contribution in [2.24, 2.45) is 0 Å². The quantitative estimate of drug-likeness (QED) is 0.812. The molecule has 122 valence electrons. The van der Waals surface area contributed by atoms with Gasteiger partial charge in [0.05, 0.1) is 17.8 Å². The van der Waals surface area contributed by atoms with Gasteiger partial charge in [-0.1, -0.05) is 12.5 Å². The number of benzene rings is 1.